The van der Waals surface area contributed by atoms with E-state index in [1.165, 1.54) is 22.3 Å². The highest BCUT2D eigenvalue weighted by Gasteiger charge is 2.40. The van der Waals surface area contributed by atoms with Crippen LogP contribution in [0.2, 0.25) is 0 Å². The molecule has 0 radical (unpaired) electrons. The number of aliphatic hydroxyl groups excluding tert-OH is 1. The lowest BCUT2D eigenvalue weighted by Gasteiger charge is -2.36. The van der Waals surface area contributed by atoms with Crippen LogP contribution in [-0.4, -0.2) is 41.9 Å². The Morgan fingerprint density at radius 1 is 1.11 bits per heavy atom. The Morgan fingerprint density at radius 2 is 1.70 bits per heavy atom. The maximum absolute atomic E-state index is 12.8. The zero-order chi connectivity index (χ0) is 19.0. The zero-order valence-electron chi connectivity index (χ0n) is 16.0. The minimum Gasteiger partial charge on any atom is -0.448 e. The van der Waals surface area contributed by atoms with Gasteiger partial charge in [-0.1, -0.05) is 62.4 Å². The topological polar surface area (TPSA) is 49.8 Å². The molecular formula is C23H27NO3. The highest BCUT2D eigenvalue weighted by Crippen LogP contribution is 2.44. The van der Waals surface area contributed by atoms with Crippen molar-refractivity contribution in [1.29, 1.82) is 0 Å². The van der Waals surface area contributed by atoms with E-state index >= 15 is 0 Å². The first-order valence-electron chi connectivity index (χ1n) is 9.75. The molecule has 1 N–H and O–H groups in total. The van der Waals surface area contributed by atoms with Crippen LogP contribution in [0.3, 0.4) is 0 Å². The fraction of sp³-hybridized carbons (Fsp3) is 0.435. The van der Waals surface area contributed by atoms with Gasteiger partial charge in [-0.2, -0.15) is 0 Å². The maximum Gasteiger partial charge on any atom is 0.410 e. The van der Waals surface area contributed by atoms with Gasteiger partial charge in [0.05, 0.1) is 6.61 Å². The van der Waals surface area contributed by atoms with Crippen LogP contribution in [0.1, 0.15) is 43.7 Å². The lowest BCUT2D eigenvalue weighted by atomic mass is 9.84. The highest BCUT2D eigenvalue weighted by molar-refractivity contribution is 5.79. The number of nitrogens with zero attached hydrogens (tertiary/aromatic N) is 1. The van der Waals surface area contributed by atoms with Gasteiger partial charge in [-0.05, 0) is 35.1 Å². The fourth-order valence-electron chi connectivity index (χ4n) is 4.58. The number of fused-ring (bicyclic) bond motifs is 3. The van der Waals surface area contributed by atoms with Crippen molar-refractivity contribution in [2.24, 2.45) is 5.41 Å². The van der Waals surface area contributed by atoms with Crippen LogP contribution in [0.4, 0.5) is 4.79 Å². The number of amides is 1. The summed E-state index contributed by atoms with van der Waals surface area (Å²) in [6, 6.07) is 16.7. The smallest absolute Gasteiger partial charge is 0.410 e. The summed E-state index contributed by atoms with van der Waals surface area (Å²) in [6.07, 6.45) is 1.61. The number of hydrogen-bond donors (Lipinski definition) is 1. The van der Waals surface area contributed by atoms with Crippen molar-refractivity contribution in [1.82, 2.24) is 4.90 Å². The number of rotatable bonds is 4. The molecule has 1 heterocycles. The summed E-state index contributed by atoms with van der Waals surface area (Å²) in [4.78, 5) is 14.6. The standard InChI is InChI=1S/C23H27NO3/c1-23(2,15-25)21-12-7-13-24(21)22(26)27-14-20-18-10-5-3-8-16(18)17-9-4-6-11-19(17)20/h3-6,8-11,20-21,25H,7,12-15H2,1-2H3. The van der Waals surface area contributed by atoms with Crippen molar-refractivity contribution in [3.63, 3.8) is 0 Å². The number of hydrogen-bond acceptors (Lipinski definition) is 3. The first-order chi connectivity index (χ1) is 13.0. The first kappa shape index (κ1) is 18.1. The maximum atomic E-state index is 12.8. The second kappa shape index (κ2) is 7.01. The SMILES string of the molecule is CC(C)(CO)C1CCCN1C(=O)OCC1c2ccccc2-c2ccccc21. The summed E-state index contributed by atoms with van der Waals surface area (Å²) in [5.74, 6) is 0.0771. The van der Waals surface area contributed by atoms with Crippen LogP contribution in [0.25, 0.3) is 11.1 Å². The molecule has 1 saturated heterocycles. The van der Waals surface area contributed by atoms with Crippen LogP contribution >= 0.6 is 0 Å². The largest absolute Gasteiger partial charge is 0.448 e. The molecule has 2 aliphatic rings. The molecule has 4 rings (SSSR count). The van der Waals surface area contributed by atoms with Gasteiger partial charge in [0.2, 0.25) is 0 Å². The number of carbonyl (C=O) groups is 1. The quantitative estimate of drug-likeness (QED) is 0.873. The van der Waals surface area contributed by atoms with E-state index in [0.29, 0.717) is 13.2 Å². The van der Waals surface area contributed by atoms with Crippen molar-refractivity contribution < 1.29 is 14.6 Å². The number of ether oxygens (including phenoxy) is 1. The van der Waals surface area contributed by atoms with Gasteiger partial charge in [0.15, 0.2) is 0 Å². The summed E-state index contributed by atoms with van der Waals surface area (Å²) < 4.78 is 5.80. The van der Waals surface area contributed by atoms with Gasteiger partial charge in [-0.15, -0.1) is 0 Å². The van der Waals surface area contributed by atoms with Gasteiger partial charge in [0.1, 0.15) is 6.61 Å². The first-order valence-corrected chi connectivity index (χ1v) is 9.75. The van der Waals surface area contributed by atoms with E-state index in [0.717, 1.165) is 12.8 Å². The summed E-state index contributed by atoms with van der Waals surface area (Å²) in [7, 11) is 0. The average Bonchev–Trinajstić information content (AvgIpc) is 3.30. The molecule has 142 valence electrons. The molecule has 0 saturated carbocycles. The second-order valence-electron chi connectivity index (χ2n) is 8.30. The van der Waals surface area contributed by atoms with Crippen molar-refractivity contribution in [2.45, 2.75) is 38.6 Å². The van der Waals surface area contributed by atoms with Gasteiger partial charge in [-0.25, -0.2) is 4.79 Å². The summed E-state index contributed by atoms with van der Waals surface area (Å²) >= 11 is 0. The Morgan fingerprint density at radius 3 is 2.30 bits per heavy atom. The molecular weight excluding hydrogens is 338 g/mol. The third kappa shape index (κ3) is 3.12. The molecule has 0 bridgehead atoms. The van der Waals surface area contributed by atoms with Crippen LogP contribution in [-0.2, 0) is 4.74 Å². The molecule has 1 unspecified atom stereocenters. The molecule has 2 aromatic carbocycles. The van der Waals surface area contributed by atoms with Crippen molar-refractivity contribution in [2.75, 3.05) is 19.8 Å². The van der Waals surface area contributed by atoms with E-state index < -0.39 is 0 Å². The van der Waals surface area contributed by atoms with Crippen LogP contribution in [0.15, 0.2) is 48.5 Å². The molecule has 27 heavy (non-hydrogen) atoms. The Kier molecular flexibility index (Phi) is 4.68. The third-order valence-corrected chi connectivity index (χ3v) is 6.13. The van der Waals surface area contributed by atoms with Crippen LogP contribution in [0, 0.1) is 5.41 Å². The van der Waals surface area contributed by atoms with Gasteiger partial charge < -0.3 is 14.7 Å². The predicted molar refractivity (Wildman–Crippen MR) is 106 cm³/mol. The second-order valence-corrected chi connectivity index (χ2v) is 8.30. The lowest BCUT2D eigenvalue weighted by Crippen LogP contribution is -2.46. The van der Waals surface area contributed by atoms with Crippen molar-refractivity contribution >= 4 is 6.09 Å². The van der Waals surface area contributed by atoms with Gasteiger partial charge in [0, 0.05) is 23.9 Å². The Hall–Kier alpha value is -2.33. The lowest BCUT2D eigenvalue weighted by molar-refractivity contribution is 0.0439. The molecule has 4 nitrogen and oxygen atoms in total. The molecule has 0 spiro atoms. The molecule has 1 amide bonds. The molecule has 0 aromatic heterocycles. The van der Waals surface area contributed by atoms with Crippen molar-refractivity contribution in [3.05, 3.63) is 59.7 Å². The minimum absolute atomic E-state index is 0.0261. The molecule has 4 heteroatoms. The van der Waals surface area contributed by atoms with E-state index in [1.807, 2.05) is 30.9 Å². The summed E-state index contributed by atoms with van der Waals surface area (Å²) in [6.45, 7) is 5.12. The molecule has 2 aromatic rings. The van der Waals surface area contributed by atoms with E-state index in [9.17, 15) is 9.90 Å². The van der Waals surface area contributed by atoms with Gasteiger partial charge in [-0.3, -0.25) is 0 Å². The predicted octanol–water partition coefficient (Wildman–Crippen LogP) is 4.42. The number of carbonyl (C=O) groups excluding carboxylic acids is 1. The van der Waals surface area contributed by atoms with Crippen molar-refractivity contribution in [3.8, 4) is 11.1 Å². The fourth-order valence-corrected chi connectivity index (χ4v) is 4.58. The number of benzene rings is 2. The average molecular weight is 365 g/mol. The summed E-state index contributed by atoms with van der Waals surface area (Å²) in [5.41, 5.74) is 4.59. The Labute approximate surface area is 160 Å². The summed E-state index contributed by atoms with van der Waals surface area (Å²) in [5, 5.41) is 9.70. The monoisotopic (exact) mass is 365 g/mol. The molecule has 1 aliphatic heterocycles. The molecule has 1 fully saturated rings. The Bertz CT molecular complexity index is 800. The third-order valence-electron chi connectivity index (χ3n) is 6.13. The van der Waals surface area contributed by atoms with Gasteiger partial charge >= 0.3 is 6.09 Å². The van der Waals surface area contributed by atoms with Crippen LogP contribution in [0.5, 0.6) is 0 Å². The highest BCUT2D eigenvalue weighted by atomic mass is 16.6. The van der Waals surface area contributed by atoms with E-state index in [2.05, 4.69) is 36.4 Å². The Balaban J connectivity index is 1.51. The molecule has 1 atom stereocenters. The van der Waals surface area contributed by atoms with E-state index in [1.54, 1.807) is 0 Å². The minimum atomic E-state index is -0.317. The van der Waals surface area contributed by atoms with Gasteiger partial charge in [0.25, 0.3) is 0 Å². The zero-order valence-corrected chi connectivity index (χ0v) is 16.0. The number of aliphatic hydroxyl groups is 1. The number of likely N-dealkylation sites (tertiary alicyclic amines) is 1. The normalized spacial score (nSPS) is 19.1. The van der Waals surface area contributed by atoms with E-state index in [4.69, 9.17) is 4.74 Å². The molecule has 1 aliphatic carbocycles. The van der Waals surface area contributed by atoms with E-state index in [-0.39, 0.29) is 30.1 Å². The van der Waals surface area contributed by atoms with Crippen LogP contribution < -0.4 is 0 Å².